The number of nitrogens with zero attached hydrogens (tertiary/aromatic N) is 7. The number of amides is 1. The first-order valence-corrected chi connectivity index (χ1v) is 8.54. The van der Waals surface area contributed by atoms with E-state index in [1.165, 1.54) is 34.4 Å². The van der Waals surface area contributed by atoms with Crippen LogP contribution >= 0.6 is 0 Å². The van der Waals surface area contributed by atoms with Gasteiger partial charge in [-0.1, -0.05) is 13.8 Å². The minimum absolute atomic E-state index is 0.0836. The first-order chi connectivity index (χ1) is 12.8. The van der Waals surface area contributed by atoms with Crippen LogP contribution in [0.3, 0.4) is 0 Å². The third-order valence-corrected chi connectivity index (χ3v) is 4.51. The van der Waals surface area contributed by atoms with Gasteiger partial charge in [0.25, 0.3) is 5.56 Å². The van der Waals surface area contributed by atoms with Crippen LogP contribution in [-0.2, 0) is 32.0 Å². The Morgan fingerprint density at radius 1 is 1.15 bits per heavy atom. The van der Waals surface area contributed by atoms with E-state index in [0.717, 1.165) is 4.57 Å². The van der Waals surface area contributed by atoms with Crippen LogP contribution in [0.2, 0.25) is 0 Å². The van der Waals surface area contributed by atoms with Crippen LogP contribution in [0.5, 0.6) is 0 Å². The zero-order valence-electron chi connectivity index (χ0n) is 15.7. The summed E-state index contributed by atoms with van der Waals surface area (Å²) < 4.78 is 3.74. The molecule has 0 radical (unpaired) electrons. The smallest absolute Gasteiger partial charge is 0.332 e. The maximum atomic E-state index is 12.6. The number of rotatable bonds is 6. The fraction of sp³-hybridized carbons (Fsp3) is 0.500. The lowest BCUT2D eigenvalue weighted by Gasteiger charge is -2.22. The Kier molecular flexibility index (Phi) is 4.93. The highest BCUT2D eigenvalue weighted by Gasteiger charge is 2.20. The number of hydrogen-bond acceptors (Lipinski definition) is 6. The number of carbonyl (C=O) groups is 1. The highest BCUT2D eigenvalue weighted by molar-refractivity contribution is 5.79. The van der Waals surface area contributed by atoms with Crippen molar-refractivity contribution in [3.63, 3.8) is 0 Å². The fourth-order valence-corrected chi connectivity index (χ4v) is 2.86. The monoisotopic (exact) mass is 374 g/mol. The molecule has 3 aromatic rings. The van der Waals surface area contributed by atoms with Crippen molar-refractivity contribution in [2.45, 2.75) is 33.0 Å². The van der Waals surface area contributed by atoms with Crippen LogP contribution in [0.4, 0.5) is 0 Å². The molecule has 1 amide bonds. The molecule has 3 rings (SSSR count). The van der Waals surface area contributed by atoms with Crippen molar-refractivity contribution in [1.82, 2.24) is 39.0 Å². The SMILES string of the molecule is CC(C)C(Cn1nccn1)NC(=O)Cn1cnc2c1c(=O)n(C)c(=O)n2C. The predicted octanol–water partition coefficient (Wildman–Crippen LogP) is -1.13. The lowest BCUT2D eigenvalue weighted by molar-refractivity contribution is -0.122. The second kappa shape index (κ2) is 7.17. The lowest BCUT2D eigenvalue weighted by Crippen LogP contribution is -2.43. The van der Waals surface area contributed by atoms with Crippen molar-refractivity contribution in [2.24, 2.45) is 20.0 Å². The Bertz CT molecular complexity index is 1070. The molecule has 3 heterocycles. The minimum atomic E-state index is -0.487. The molecule has 27 heavy (non-hydrogen) atoms. The second-order valence-electron chi connectivity index (χ2n) is 6.75. The van der Waals surface area contributed by atoms with E-state index in [1.54, 1.807) is 12.4 Å². The summed E-state index contributed by atoms with van der Waals surface area (Å²) in [6.07, 6.45) is 4.55. The largest absolute Gasteiger partial charge is 0.350 e. The van der Waals surface area contributed by atoms with Crippen LogP contribution in [0.1, 0.15) is 13.8 Å². The van der Waals surface area contributed by atoms with Gasteiger partial charge in [0, 0.05) is 14.1 Å². The minimum Gasteiger partial charge on any atom is -0.350 e. The molecular weight excluding hydrogens is 352 g/mol. The molecule has 0 aliphatic heterocycles. The molecule has 144 valence electrons. The summed E-state index contributed by atoms with van der Waals surface area (Å²) in [5, 5.41) is 11.1. The molecule has 11 nitrogen and oxygen atoms in total. The van der Waals surface area contributed by atoms with Crippen molar-refractivity contribution in [1.29, 1.82) is 0 Å². The number of imidazole rings is 1. The molecule has 0 aliphatic carbocycles. The third-order valence-electron chi connectivity index (χ3n) is 4.51. The number of carbonyl (C=O) groups excluding carboxylic acids is 1. The van der Waals surface area contributed by atoms with Crippen LogP contribution < -0.4 is 16.6 Å². The molecule has 0 fully saturated rings. The molecule has 11 heteroatoms. The van der Waals surface area contributed by atoms with Gasteiger partial charge >= 0.3 is 5.69 Å². The molecule has 1 atom stereocenters. The average molecular weight is 374 g/mol. The van der Waals surface area contributed by atoms with E-state index in [9.17, 15) is 14.4 Å². The highest BCUT2D eigenvalue weighted by atomic mass is 16.2. The second-order valence-corrected chi connectivity index (χ2v) is 6.75. The van der Waals surface area contributed by atoms with E-state index in [-0.39, 0.29) is 35.6 Å². The average Bonchev–Trinajstić information content (AvgIpc) is 3.27. The summed E-state index contributed by atoms with van der Waals surface area (Å²) in [6.45, 7) is 4.34. The summed E-state index contributed by atoms with van der Waals surface area (Å²) in [5.74, 6) is -0.107. The Morgan fingerprint density at radius 3 is 2.44 bits per heavy atom. The van der Waals surface area contributed by atoms with Gasteiger partial charge in [0.2, 0.25) is 5.91 Å². The molecular formula is C16H22N8O3. The molecule has 0 spiro atoms. The number of hydrogen-bond donors (Lipinski definition) is 1. The van der Waals surface area contributed by atoms with Crippen molar-refractivity contribution in [3.8, 4) is 0 Å². The summed E-state index contributed by atoms with van der Waals surface area (Å²) >= 11 is 0. The van der Waals surface area contributed by atoms with Crippen LogP contribution in [-0.4, -0.2) is 45.6 Å². The van der Waals surface area contributed by atoms with Gasteiger partial charge in [-0.3, -0.25) is 18.7 Å². The van der Waals surface area contributed by atoms with Gasteiger partial charge in [-0.05, 0) is 5.92 Å². The van der Waals surface area contributed by atoms with E-state index in [1.807, 2.05) is 13.8 Å². The Labute approximate surface area is 154 Å². The van der Waals surface area contributed by atoms with Crippen molar-refractivity contribution >= 4 is 17.1 Å². The predicted molar refractivity (Wildman–Crippen MR) is 97.0 cm³/mol. The van der Waals surface area contributed by atoms with Gasteiger partial charge in [-0.2, -0.15) is 15.0 Å². The van der Waals surface area contributed by atoms with Gasteiger partial charge in [-0.15, -0.1) is 0 Å². The molecule has 0 aromatic carbocycles. The first-order valence-electron chi connectivity index (χ1n) is 8.54. The van der Waals surface area contributed by atoms with E-state index in [4.69, 9.17) is 0 Å². The van der Waals surface area contributed by atoms with Gasteiger partial charge < -0.3 is 9.88 Å². The summed E-state index contributed by atoms with van der Waals surface area (Å²) in [7, 11) is 2.93. The normalized spacial score (nSPS) is 12.6. The van der Waals surface area contributed by atoms with E-state index < -0.39 is 11.2 Å². The van der Waals surface area contributed by atoms with Gasteiger partial charge in [0.15, 0.2) is 11.2 Å². The zero-order chi connectivity index (χ0) is 19.7. The lowest BCUT2D eigenvalue weighted by atomic mass is 10.0. The quantitative estimate of drug-likeness (QED) is 0.582. The summed E-state index contributed by atoms with van der Waals surface area (Å²) in [6, 6.07) is -0.174. The number of aromatic nitrogens is 7. The molecule has 0 aliphatic rings. The number of nitrogens with one attached hydrogen (secondary N) is 1. The van der Waals surface area contributed by atoms with Crippen molar-refractivity contribution in [2.75, 3.05) is 0 Å². The topological polar surface area (TPSA) is 122 Å². The molecule has 0 saturated heterocycles. The summed E-state index contributed by atoms with van der Waals surface area (Å²) in [5.41, 5.74) is -0.491. The number of aryl methyl sites for hydroxylation is 1. The summed E-state index contributed by atoms with van der Waals surface area (Å²) in [4.78, 5) is 42.6. The standard InChI is InChI=1S/C16H22N8O3/c1-10(2)11(7-24-18-5-6-19-24)20-12(25)8-23-9-17-14-13(23)15(26)22(4)16(27)21(14)3/h5-6,9-11H,7-8H2,1-4H3,(H,20,25). The van der Waals surface area contributed by atoms with Crippen LogP contribution in [0, 0.1) is 5.92 Å². The fourth-order valence-electron chi connectivity index (χ4n) is 2.86. The Balaban J connectivity index is 1.83. The van der Waals surface area contributed by atoms with Gasteiger partial charge in [0.1, 0.15) is 6.54 Å². The highest BCUT2D eigenvalue weighted by Crippen LogP contribution is 2.07. The van der Waals surface area contributed by atoms with Gasteiger partial charge in [-0.25, -0.2) is 9.78 Å². The molecule has 1 N–H and O–H groups in total. The van der Waals surface area contributed by atoms with Crippen LogP contribution in [0.15, 0.2) is 28.3 Å². The molecule has 0 bridgehead atoms. The van der Waals surface area contributed by atoms with E-state index >= 15 is 0 Å². The molecule has 3 aromatic heterocycles. The maximum Gasteiger partial charge on any atom is 0.332 e. The van der Waals surface area contributed by atoms with Crippen LogP contribution in [0.25, 0.3) is 11.2 Å². The third kappa shape index (κ3) is 3.52. The zero-order valence-corrected chi connectivity index (χ0v) is 15.7. The first kappa shape index (κ1) is 18.5. The molecule has 0 saturated carbocycles. The van der Waals surface area contributed by atoms with Gasteiger partial charge in [0.05, 0.1) is 31.3 Å². The Morgan fingerprint density at radius 2 is 1.81 bits per heavy atom. The maximum absolute atomic E-state index is 12.6. The Hall–Kier alpha value is -3.24. The van der Waals surface area contributed by atoms with Crippen molar-refractivity contribution in [3.05, 3.63) is 39.6 Å². The number of fused-ring (bicyclic) bond motifs is 1. The van der Waals surface area contributed by atoms with E-state index in [0.29, 0.717) is 6.54 Å². The van der Waals surface area contributed by atoms with Crippen molar-refractivity contribution < 1.29 is 4.79 Å². The molecule has 1 unspecified atom stereocenters. The van der Waals surface area contributed by atoms with E-state index in [2.05, 4.69) is 20.5 Å².